The minimum absolute atomic E-state index is 0.0125. The summed E-state index contributed by atoms with van der Waals surface area (Å²) in [6, 6.07) is 14.1. The predicted molar refractivity (Wildman–Crippen MR) is 142 cm³/mol. The van der Waals surface area contributed by atoms with E-state index in [0.717, 1.165) is 6.07 Å². The molecule has 0 saturated heterocycles. The van der Waals surface area contributed by atoms with Crippen LogP contribution in [-0.2, 0) is 27.2 Å². The molecule has 1 amide bonds. The van der Waals surface area contributed by atoms with Crippen LogP contribution in [0.15, 0.2) is 65.6 Å². The number of anilines is 1. The number of rotatable bonds is 8. The molecule has 0 heterocycles. The van der Waals surface area contributed by atoms with Crippen molar-refractivity contribution in [1.29, 1.82) is 0 Å². The number of hydrogen-bond acceptors (Lipinski definition) is 4. The first-order valence-electron chi connectivity index (χ1n) is 12.0. The fourth-order valence-electron chi connectivity index (χ4n) is 4.31. The molecule has 0 aliphatic heterocycles. The number of carbonyl (C=O) groups excluding carboxylic acids is 2. The van der Waals surface area contributed by atoms with E-state index in [2.05, 4.69) is 5.32 Å². The first kappa shape index (κ1) is 29.1. The molecule has 0 spiro atoms. The summed E-state index contributed by atoms with van der Waals surface area (Å²) in [5.41, 5.74) is 0.573. The molecule has 3 aromatic rings. The predicted octanol–water partition coefficient (Wildman–Crippen LogP) is 6.88. The van der Waals surface area contributed by atoms with Crippen LogP contribution in [0, 0.1) is 12.3 Å². The normalized spacial score (nSPS) is 12.3. The second-order valence-electron chi connectivity index (χ2n) is 10.4. The van der Waals surface area contributed by atoms with Gasteiger partial charge >= 0.3 is 6.18 Å². The van der Waals surface area contributed by atoms with Gasteiger partial charge < -0.3 is 10.1 Å². The van der Waals surface area contributed by atoms with E-state index in [1.165, 1.54) is 48.5 Å². The Labute approximate surface area is 221 Å². The molecule has 38 heavy (non-hydrogen) atoms. The van der Waals surface area contributed by atoms with Crippen LogP contribution in [0.25, 0.3) is 11.1 Å². The van der Waals surface area contributed by atoms with Gasteiger partial charge in [-0.1, -0.05) is 45.0 Å². The molecule has 0 aliphatic carbocycles. The van der Waals surface area contributed by atoms with Crippen molar-refractivity contribution >= 4 is 27.7 Å². The molecule has 1 N–H and O–H groups in total. The molecular weight excluding hydrogens is 515 g/mol. The van der Waals surface area contributed by atoms with Crippen molar-refractivity contribution in [3.63, 3.8) is 0 Å². The second kappa shape index (κ2) is 11.1. The van der Waals surface area contributed by atoms with E-state index in [9.17, 15) is 31.2 Å². The average molecular weight is 546 g/mol. The largest absolute Gasteiger partial charge is 0.417 e. The number of amides is 1. The molecule has 0 bridgehead atoms. The monoisotopic (exact) mass is 545 g/mol. The van der Waals surface area contributed by atoms with Gasteiger partial charge in [-0.15, -0.1) is 0 Å². The quantitative estimate of drug-likeness (QED) is 0.313. The highest BCUT2D eigenvalue weighted by molar-refractivity contribution is 7.91. The van der Waals surface area contributed by atoms with Gasteiger partial charge in [-0.3, -0.25) is 4.79 Å². The van der Waals surface area contributed by atoms with Gasteiger partial charge in [0.2, 0.25) is 0 Å². The van der Waals surface area contributed by atoms with E-state index in [-0.39, 0.29) is 34.6 Å². The number of aldehydes is 1. The molecule has 3 rings (SSSR count). The van der Waals surface area contributed by atoms with E-state index in [1.54, 1.807) is 13.0 Å². The molecule has 0 atom stereocenters. The molecule has 9 heteroatoms. The summed E-state index contributed by atoms with van der Waals surface area (Å²) >= 11 is 0. The third-order valence-corrected chi connectivity index (χ3v) is 8.19. The molecule has 0 aliphatic rings. The van der Waals surface area contributed by atoms with E-state index in [4.69, 9.17) is 0 Å². The highest BCUT2D eigenvalue weighted by atomic mass is 32.2. The maximum Gasteiger partial charge on any atom is 0.417 e. The third-order valence-electron chi connectivity index (χ3n) is 5.81. The van der Waals surface area contributed by atoms with Gasteiger partial charge in [0.15, 0.2) is 9.84 Å². The lowest BCUT2D eigenvalue weighted by Gasteiger charge is -2.19. The molecule has 202 valence electrons. The zero-order valence-corrected chi connectivity index (χ0v) is 22.5. The molecule has 3 aromatic carbocycles. The minimum atomic E-state index is -4.56. The van der Waals surface area contributed by atoms with Gasteiger partial charge in [0.05, 0.1) is 16.2 Å². The third kappa shape index (κ3) is 7.10. The zero-order valence-electron chi connectivity index (χ0n) is 21.6. The number of alkyl halides is 3. The lowest BCUT2D eigenvalue weighted by atomic mass is 9.92. The summed E-state index contributed by atoms with van der Waals surface area (Å²) < 4.78 is 66.5. The fraction of sp³-hybridized carbons (Fsp3) is 0.310. The smallest absolute Gasteiger partial charge is 0.322 e. The lowest BCUT2D eigenvalue weighted by Crippen LogP contribution is -2.21. The van der Waals surface area contributed by atoms with Gasteiger partial charge in [0, 0.05) is 17.7 Å². The summed E-state index contributed by atoms with van der Waals surface area (Å²) in [6.07, 6.45) is -3.59. The summed E-state index contributed by atoms with van der Waals surface area (Å²) in [4.78, 5) is 24.1. The Bertz CT molecular complexity index is 1460. The number of sulfone groups is 1. The zero-order chi connectivity index (χ0) is 28.3. The van der Waals surface area contributed by atoms with Crippen LogP contribution in [-0.4, -0.2) is 26.4 Å². The number of benzene rings is 3. The van der Waals surface area contributed by atoms with Crippen molar-refractivity contribution in [3.05, 3.63) is 82.9 Å². The standard InChI is InChI=1S/C29H30F3NO4S/c1-19-16-21(11-14-26(19)38(36,37)18-28(2,3)4)27(35)33-22-12-13-23(20(17-22)8-7-15-34)24-9-5-6-10-25(24)29(30,31)32/h5-6,9-17H,7-8,18H2,1-4H3,(H,33,35). The summed E-state index contributed by atoms with van der Waals surface area (Å²) in [5.74, 6) is -0.544. The molecule has 0 radical (unpaired) electrons. The molecular formula is C29H30F3NO4S. The Balaban J connectivity index is 1.93. The molecule has 0 fully saturated rings. The Kier molecular flexibility index (Phi) is 8.51. The molecule has 0 saturated carbocycles. The first-order chi connectivity index (χ1) is 17.6. The van der Waals surface area contributed by atoms with Crippen LogP contribution < -0.4 is 5.32 Å². The lowest BCUT2D eigenvalue weighted by molar-refractivity contribution is -0.137. The SMILES string of the molecule is Cc1cc(C(=O)Nc2ccc(-c3ccccc3C(F)(F)F)c(CCC=O)c2)ccc1S(=O)(=O)CC(C)(C)C. The maximum atomic E-state index is 13.6. The van der Waals surface area contributed by atoms with E-state index in [0.29, 0.717) is 28.7 Å². The van der Waals surface area contributed by atoms with Gasteiger partial charge in [-0.05, 0) is 77.4 Å². The van der Waals surface area contributed by atoms with Crippen LogP contribution in [0.1, 0.15) is 54.2 Å². The van der Waals surface area contributed by atoms with Crippen molar-refractivity contribution < 1.29 is 31.2 Å². The van der Waals surface area contributed by atoms with Gasteiger partial charge in [-0.2, -0.15) is 13.2 Å². The van der Waals surface area contributed by atoms with E-state index < -0.39 is 32.9 Å². The second-order valence-corrected chi connectivity index (χ2v) is 12.3. The van der Waals surface area contributed by atoms with Crippen molar-refractivity contribution in [2.24, 2.45) is 5.41 Å². The molecule has 0 aromatic heterocycles. The summed E-state index contributed by atoms with van der Waals surface area (Å²) in [6.45, 7) is 7.12. The number of hydrogen-bond donors (Lipinski definition) is 1. The van der Waals surface area contributed by atoms with E-state index in [1.807, 2.05) is 20.8 Å². The Morgan fingerprint density at radius 2 is 1.63 bits per heavy atom. The highest BCUT2D eigenvalue weighted by Gasteiger charge is 2.33. The maximum absolute atomic E-state index is 13.6. The van der Waals surface area contributed by atoms with Crippen LogP contribution in [0.5, 0.6) is 0 Å². The highest BCUT2D eigenvalue weighted by Crippen LogP contribution is 2.39. The van der Waals surface area contributed by atoms with Gasteiger partial charge in [0.1, 0.15) is 6.29 Å². The van der Waals surface area contributed by atoms with Crippen molar-refractivity contribution in [3.8, 4) is 11.1 Å². The van der Waals surface area contributed by atoms with Gasteiger partial charge in [0.25, 0.3) is 5.91 Å². The molecule has 5 nitrogen and oxygen atoms in total. The number of nitrogens with one attached hydrogen (secondary N) is 1. The van der Waals surface area contributed by atoms with E-state index >= 15 is 0 Å². The Hall–Kier alpha value is -3.46. The average Bonchev–Trinajstić information content (AvgIpc) is 2.80. The Morgan fingerprint density at radius 3 is 2.24 bits per heavy atom. The van der Waals surface area contributed by atoms with Crippen molar-refractivity contribution in [2.45, 2.75) is 51.6 Å². The van der Waals surface area contributed by atoms with Crippen LogP contribution >= 0.6 is 0 Å². The topological polar surface area (TPSA) is 80.3 Å². The first-order valence-corrected chi connectivity index (χ1v) is 13.7. The van der Waals surface area contributed by atoms with Crippen LogP contribution in [0.4, 0.5) is 18.9 Å². The van der Waals surface area contributed by atoms with Crippen LogP contribution in [0.3, 0.4) is 0 Å². The van der Waals surface area contributed by atoms with Crippen molar-refractivity contribution in [1.82, 2.24) is 0 Å². The van der Waals surface area contributed by atoms with Gasteiger partial charge in [-0.25, -0.2) is 8.42 Å². The Morgan fingerprint density at radius 1 is 0.947 bits per heavy atom. The summed E-state index contributed by atoms with van der Waals surface area (Å²) in [7, 11) is -3.55. The van der Waals surface area contributed by atoms with Crippen molar-refractivity contribution in [2.75, 3.05) is 11.1 Å². The minimum Gasteiger partial charge on any atom is -0.322 e. The number of halogens is 3. The fourth-order valence-corrected chi connectivity index (χ4v) is 6.43. The van der Waals surface area contributed by atoms with Crippen LogP contribution in [0.2, 0.25) is 0 Å². The number of carbonyl (C=O) groups is 2. The molecule has 0 unspecified atom stereocenters. The number of aryl methyl sites for hydroxylation is 2. The summed E-state index contributed by atoms with van der Waals surface area (Å²) in [5, 5.41) is 2.72.